The lowest BCUT2D eigenvalue weighted by molar-refractivity contribution is 0.979. The minimum atomic E-state index is 0.725. The van der Waals surface area contributed by atoms with Crippen molar-refractivity contribution >= 4 is 16.8 Å². The van der Waals surface area contributed by atoms with Crippen LogP contribution in [0, 0.1) is 6.92 Å². The first-order valence-electron chi connectivity index (χ1n) is 9.28. The highest BCUT2D eigenvalue weighted by atomic mass is 15.0. The first kappa shape index (κ1) is 15.9. The second kappa shape index (κ2) is 6.44. The van der Waals surface area contributed by atoms with Crippen LogP contribution in [0.5, 0.6) is 0 Å². The van der Waals surface area contributed by atoms with Crippen LogP contribution >= 0.6 is 0 Å². The molecular formula is C24H19N3. The summed E-state index contributed by atoms with van der Waals surface area (Å²) in [7, 11) is 0. The second-order valence-electron chi connectivity index (χ2n) is 6.91. The third-order valence-electron chi connectivity index (χ3n) is 5.06. The van der Waals surface area contributed by atoms with E-state index in [1.807, 2.05) is 6.92 Å². The molecular weight excluding hydrogens is 330 g/mol. The third kappa shape index (κ3) is 2.91. The number of aromatic nitrogens is 3. The molecule has 1 aliphatic carbocycles. The first-order chi connectivity index (χ1) is 13.3. The summed E-state index contributed by atoms with van der Waals surface area (Å²) < 4.78 is 0. The summed E-state index contributed by atoms with van der Waals surface area (Å²) in [4.78, 5) is 14.1. The van der Waals surface area contributed by atoms with Gasteiger partial charge in [-0.15, -0.1) is 0 Å². The monoisotopic (exact) mass is 349 g/mol. The van der Waals surface area contributed by atoms with Crippen molar-refractivity contribution in [2.45, 2.75) is 19.8 Å². The van der Waals surface area contributed by atoms with Gasteiger partial charge < -0.3 is 0 Å². The van der Waals surface area contributed by atoms with Gasteiger partial charge in [0.25, 0.3) is 0 Å². The molecule has 3 heteroatoms. The number of fused-ring (bicyclic) bond motifs is 2. The molecule has 0 atom stereocenters. The highest BCUT2D eigenvalue weighted by Gasteiger charge is 2.13. The van der Waals surface area contributed by atoms with Crippen LogP contribution in [0.25, 0.3) is 39.6 Å². The Balaban J connectivity index is 1.67. The van der Waals surface area contributed by atoms with Crippen molar-refractivity contribution in [1.82, 2.24) is 15.0 Å². The van der Waals surface area contributed by atoms with Gasteiger partial charge in [0.15, 0.2) is 11.6 Å². The molecule has 3 aromatic carbocycles. The van der Waals surface area contributed by atoms with E-state index in [1.54, 1.807) is 0 Å². The molecule has 4 aromatic rings. The van der Waals surface area contributed by atoms with Crippen LogP contribution in [0.3, 0.4) is 0 Å². The number of nitrogens with zero attached hydrogens (tertiary/aromatic N) is 3. The van der Waals surface area contributed by atoms with E-state index >= 15 is 0 Å². The van der Waals surface area contributed by atoms with Gasteiger partial charge in [-0.3, -0.25) is 0 Å². The van der Waals surface area contributed by atoms with Crippen LogP contribution in [0.2, 0.25) is 0 Å². The lowest BCUT2D eigenvalue weighted by Crippen LogP contribution is -2.01. The largest absolute Gasteiger partial charge is 0.213 e. The second-order valence-corrected chi connectivity index (χ2v) is 6.91. The summed E-state index contributed by atoms with van der Waals surface area (Å²) in [5.41, 5.74) is 4.73. The maximum Gasteiger partial charge on any atom is 0.164 e. The van der Waals surface area contributed by atoms with Crippen molar-refractivity contribution < 1.29 is 0 Å². The zero-order valence-electron chi connectivity index (χ0n) is 15.2. The predicted molar refractivity (Wildman–Crippen MR) is 110 cm³/mol. The van der Waals surface area contributed by atoms with Crippen molar-refractivity contribution in [2.75, 3.05) is 0 Å². The minimum Gasteiger partial charge on any atom is -0.213 e. The fraction of sp³-hybridized carbons (Fsp3) is 0.125. The third-order valence-corrected chi connectivity index (χ3v) is 5.06. The molecule has 130 valence electrons. The molecule has 0 amide bonds. The molecule has 0 radical (unpaired) electrons. The lowest BCUT2D eigenvalue weighted by Gasteiger charge is -2.12. The standard InChI is InChI=1S/C24H19N3/c1-16-25-23(20-14-13-17-7-2-3-9-19(17)15-20)27-24(26-16)22-12-6-10-18-8-4-5-11-21(18)22/h3-6,8-15H,2,7H2,1H3. The van der Waals surface area contributed by atoms with E-state index < -0.39 is 0 Å². The Kier molecular flexibility index (Phi) is 3.79. The van der Waals surface area contributed by atoms with E-state index in [2.05, 4.69) is 82.8 Å². The molecule has 1 aliphatic rings. The van der Waals surface area contributed by atoms with Gasteiger partial charge in [0.2, 0.25) is 0 Å². The molecule has 27 heavy (non-hydrogen) atoms. The van der Waals surface area contributed by atoms with E-state index in [1.165, 1.54) is 16.5 Å². The summed E-state index contributed by atoms with van der Waals surface area (Å²) in [6.07, 6.45) is 6.64. The highest BCUT2D eigenvalue weighted by Crippen LogP contribution is 2.29. The Bertz CT molecular complexity index is 1190. The molecule has 0 spiro atoms. The SMILES string of the molecule is Cc1nc(-c2ccc3c(c2)C=CCC3)nc(-c2cccc3ccccc23)n1. The normalized spacial score (nSPS) is 12.9. The van der Waals surface area contributed by atoms with Gasteiger partial charge >= 0.3 is 0 Å². The fourth-order valence-corrected chi connectivity index (χ4v) is 3.72. The molecule has 0 aliphatic heterocycles. The molecule has 0 fully saturated rings. The highest BCUT2D eigenvalue weighted by molar-refractivity contribution is 5.95. The quantitative estimate of drug-likeness (QED) is 0.471. The Morgan fingerprint density at radius 1 is 0.815 bits per heavy atom. The van der Waals surface area contributed by atoms with E-state index in [0.29, 0.717) is 0 Å². The van der Waals surface area contributed by atoms with Crippen molar-refractivity contribution in [2.24, 2.45) is 0 Å². The van der Waals surface area contributed by atoms with Gasteiger partial charge in [0.1, 0.15) is 5.82 Å². The molecule has 3 nitrogen and oxygen atoms in total. The summed E-state index contributed by atoms with van der Waals surface area (Å²) >= 11 is 0. The molecule has 0 unspecified atom stereocenters. The van der Waals surface area contributed by atoms with Gasteiger partial charge in [-0.1, -0.05) is 66.7 Å². The molecule has 0 saturated carbocycles. The van der Waals surface area contributed by atoms with Gasteiger partial charge in [-0.05, 0) is 47.7 Å². The Hall–Kier alpha value is -3.33. The summed E-state index contributed by atoms with van der Waals surface area (Å²) in [6.45, 7) is 1.93. The number of aryl methyl sites for hydroxylation is 2. The molecule has 5 rings (SSSR count). The Labute approximate surface area is 158 Å². The topological polar surface area (TPSA) is 38.7 Å². The molecule has 0 bridgehead atoms. The number of benzene rings is 3. The van der Waals surface area contributed by atoms with E-state index in [-0.39, 0.29) is 0 Å². The number of rotatable bonds is 2. The van der Waals surface area contributed by atoms with Crippen molar-refractivity contribution in [1.29, 1.82) is 0 Å². The molecule has 0 saturated heterocycles. The van der Waals surface area contributed by atoms with Crippen molar-refractivity contribution in [3.05, 3.63) is 83.7 Å². The van der Waals surface area contributed by atoms with Crippen LogP contribution < -0.4 is 0 Å². The van der Waals surface area contributed by atoms with Crippen LogP contribution in [-0.2, 0) is 6.42 Å². The number of allylic oxidation sites excluding steroid dienone is 1. The average molecular weight is 349 g/mol. The molecule has 0 N–H and O–H groups in total. The number of hydrogen-bond donors (Lipinski definition) is 0. The van der Waals surface area contributed by atoms with E-state index in [0.717, 1.165) is 46.8 Å². The maximum atomic E-state index is 4.83. The van der Waals surface area contributed by atoms with Crippen LogP contribution in [0.1, 0.15) is 23.4 Å². The van der Waals surface area contributed by atoms with E-state index in [4.69, 9.17) is 4.98 Å². The zero-order chi connectivity index (χ0) is 18.2. The van der Waals surface area contributed by atoms with Gasteiger partial charge in [0, 0.05) is 11.1 Å². The summed E-state index contributed by atoms with van der Waals surface area (Å²) in [5.74, 6) is 2.19. The van der Waals surface area contributed by atoms with Gasteiger partial charge in [-0.2, -0.15) is 0 Å². The average Bonchev–Trinajstić information content (AvgIpc) is 2.72. The summed E-state index contributed by atoms with van der Waals surface area (Å²) in [6, 6.07) is 21.1. The first-order valence-corrected chi connectivity index (χ1v) is 9.28. The van der Waals surface area contributed by atoms with E-state index in [9.17, 15) is 0 Å². The Morgan fingerprint density at radius 2 is 1.67 bits per heavy atom. The van der Waals surface area contributed by atoms with Crippen molar-refractivity contribution in [3.63, 3.8) is 0 Å². The smallest absolute Gasteiger partial charge is 0.164 e. The van der Waals surface area contributed by atoms with Gasteiger partial charge in [-0.25, -0.2) is 15.0 Å². The van der Waals surface area contributed by atoms with Crippen molar-refractivity contribution in [3.8, 4) is 22.8 Å². The molecule has 1 aromatic heterocycles. The van der Waals surface area contributed by atoms with Crippen LogP contribution in [0.4, 0.5) is 0 Å². The lowest BCUT2D eigenvalue weighted by atomic mass is 9.95. The Morgan fingerprint density at radius 3 is 2.63 bits per heavy atom. The van der Waals surface area contributed by atoms with Gasteiger partial charge in [0.05, 0.1) is 0 Å². The van der Waals surface area contributed by atoms with Crippen LogP contribution in [-0.4, -0.2) is 15.0 Å². The fourth-order valence-electron chi connectivity index (χ4n) is 3.72. The molecule has 1 heterocycles. The summed E-state index contributed by atoms with van der Waals surface area (Å²) in [5, 5.41) is 2.35. The number of hydrogen-bond acceptors (Lipinski definition) is 3. The predicted octanol–water partition coefficient (Wildman–Crippen LogP) is 5.63. The zero-order valence-corrected chi connectivity index (χ0v) is 15.2. The van der Waals surface area contributed by atoms with Crippen LogP contribution in [0.15, 0.2) is 66.7 Å². The maximum absolute atomic E-state index is 4.83. The minimum absolute atomic E-state index is 0.725.